The first-order valence-electron chi connectivity index (χ1n) is 9.70. The molecule has 31 heavy (non-hydrogen) atoms. The average molecular weight is 438 g/mol. The summed E-state index contributed by atoms with van der Waals surface area (Å²) >= 11 is 1.33. The van der Waals surface area contributed by atoms with Gasteiger partial charge in [0, 0.05) is 16.6 Å². The van der Waals surface area contributed by atoms with Crippen molar-refractivity contribution in [1.29, 1.82) is 0 Å². The van der Waals surface area contributed by atoms with Gasteiger partial charge in [-0.2, -0.15) is 0 Å². The number of carbonyl (C=O) groups excluding carboxylic acids is 3. The summed E-state index contributed by atoms with van der Waals surface area (Å²) in [6.45, 7) is 3.65. The summed E-state index contributed by atoms with van der Waals surface area (Å²) < 4.78 is 5.15. The zero-order valence-corrected chi connectivity index (χ0v) is 18.1. The number of aryl methyl sites for hydroxylation is 2. The zero-order valence-electron chi connectivity index (χ0n) is 17.3. The summed E-state index contributed by atoms with van der Waals surface area (Å²) in [6.07, 6.45) is 0.138. The topological polar surface area (TPSA) is 97.4 Å². The predicted molar refractivity (Wildman–Crippen MR) is 119 cm³/mol. The molecule has 2 aromatic carbocycles. The highest BCUT2D eigenvalue weighted by Gasteiger charge is 2.12. The highest BCUT2D eigenvalue weighted by atomic mass is 32.1. The number of hydrogen-bond acceptors (Lipinski definition) is 6. The lowest BCUT2D eigenvalue weighted by Gasteiger charge is -2.08. The van der Waals surface area contributed by atoms with Gasteiger partial charge in [0.2, 0.25) is 5.91 Å². The molecular weight excluding hydrogens is 414 g/mol. The van der Waals surface area contributed by atoms with Crippen molar-refractivity contribution in [2.75, 3.05) is 11.9 Å². The lowest BCUT2D eigenvalue weighted by atomic mass is 10.1. The van der Waals surface area contributed by atoms with Crippen LogP contribution >= 0.6 is 11.3 Å². The van der Waals surface area contributed by atoms with Crippen molar-refractivity contribution in [3.63, 3.8) is 0 Å². The third-order valence-electron chi connectivity index (χ3n) is 4.39. The van der Waals surface area contributed by atoms with Gasteiger partial charge in [0.25, 0.3) is 5.91 Å². The van der Waals surface area contributed by atoms with Crippen molar-refractivity contribution >= 4 is 34.8 Å². The third kappa shape index (κ3) is 6.75. The number of esters is 1. The number of rotatable bonds is 8. The molecule has 0 saturated carbocycles. The molecule has 2 amide bonds. The van der Waals surface area contributed by atoms with Crippen LogP contribution in [0.25, 0.3) is 0 Å². The van der Waals surface area contributed by atoms with Gasteiger partial charge >= 0.3 is 5.97 Å². The first kappa shape index (κ1) is 22.2. The Kier molecular flexibility index (Phi) is 7.50. The van der Waals surface area contributed by atoms with E-state index in [0.29, 0.717) is 16.3 Å². The van der Waals surface area contributed by atoms with Gasteiger partial charge in [-0.05, 0) is 43.2 Å². The van der Waals surface area contributed by atoms with E-state index in [9.17, 15) is 14.4 Å². The van der Waals surface area contributed by atoms with Crippen molar-refractivity contribution < 1.29 is 19.1 Å². The van der Waals surface area contributed by atoms with Gasteiger partial charge in [0.05, 0.1) is 12.1 Å². The fraction of sp³-hybridized carbons (Fsp3) is 0.217. The van der Waals surface area contributed by atoms with E-state index in [0.717, 1.165) is 16.8 Å². The number of carbonyl (C=O) groups is 3. The van der Waals surface area contributed by atoms with Gasteiger partial charge in [-0.25, -0.2) is 4.98 Å². The van der Waals surface area contributed by atoms with Crippen molar-refractivity contribution in [2.45, 2.75) is 26.9 Å². The minimum Gasteiger partial charge on any atom is -0.458 e. The molecule has 0 saturated heterocycles. The Balaban J connectivity index is 1.43. The second-order valence-electron chi connectivity index (χ2n) is 6.99. The summed E-state index contributed by atoms with van der Waals surface area (Å²) in [5.41, 5.74) is 3.87. The molecule has 3 rings (SSSR count). The Hall–Kier alpha value is -3.52. The van der Waals surface area contributed by atoms with E-state index in [1.54, 1.807) is 35.7 Å². The van der Waals surface area contributed by atoms with E-state index in [1.165, 1.54) is 11.3 Å². The van der Waals surface area contributed by atoms with Crippen molar-refractivity contribution in [3.05, 3.63) is 81.3 Å². The SMILES string of the molecule is Cc1ccc(C)c(NC(=O)Cc2nc(COC(=O)CNC(=O)c3ccccc3)cs2)c1. The number of nitrogens with zero attached hydrogens (tertiary/aromatic N) is 1. The van der Waals surface area contributed by atoms with Crippen LogP contribution in [0.4, 0.5) is 5.69 Å². The van der Waals surface area contributed by atoms with E-state index in [2.05, 4.69) is 15.6 Å². The van der Waals surface area contributed by atoms with Crippen LogP contribution in [-0.2, 0) is 27.4 Å². The Labute approximate surface area is 184 Å². The third-order valence-corrected chi connectivity index (χ3v) is 5.29. The minimum absolute atomic E-state index is 0.0187. The van der Waals surface area contributed by atoms with E-state index < -0.39 is 5.97 Å². The van der Waals surface area contributed by atoms with Gasteiger partial charge in [-0.3, -0.25) is 14.4 Å². The van der Waals surface area contributed by atoms with Crippen LogP contribution in [0.3, 0.4) is 0 Å². The molecule has 0 aliphatic carbocycles. The van der Waals surface area contributed by atoms with Gasteiger partial charge in [-0.1, -0.05) is 30.3 Å². The lowest BCUT2D eigenvalue weighted by Crippen LogP contribution is -2.30. The molecule has 0 aliphatic heterocycles. The van der Waals surface area contributed by atoms with Crippen molar-refractivity contribution in [1.82, 2.24) is 10.3 Å². The second kappa shape index (κ2) is 10.5. The lowest BCUT2D eigenvalue weighted by molar-refractivity contribution is -0.143. The number of aromatic nitrogens is 1. The Morgan fingerprint density at radius 2 is 1.84 bits per heavy atom. The maximum absolute atomic E-state index is 12.3. The number of hydrogen-bond donors (Lipinski definition) is 2. The van der Waals surface area contributed by atoms with Crippen LogP contribution in [0.2, 0.25) is 0 Å². The Bertz CT molecular complexity index is 1080. The van der Waals surface area contributed by atoms with Gasteiger partial charge in [-0.15, -0.1) is 11.3 Å². The number of thiazole rings is 1. The first-order valence-corrected chi connectivity index (χ1v) is 10.6. The molecule has 0 aliphatic rings. The van der Waals surface area contributed by atoms with Crippen LogP contribution in [0.1, 0.15) is 32.2 Å². The predicted octanol–water partition coefficient (Wildman–Crippen LogP) is 3.41. The monoisotopic (exact) mass is 437 g/mol. The summed E-state index contributed by atoms with van der Waals surface area (Å²) in [6, 6.07) is 14.5. The molecule has 0 fully saturated rings. The largest absolute Gasteiger partial charge is 0.458 e. The number of anilines is 1. The molecule has 1 heterocycles. The summed E-state index contributed by atoms with van der Waals surface area (Å²) in [5.74, 6) is -1.06. The zero-order chi connectivity index (χ0) is 22.2. The quantitative estimate of drug-likeness (QED) is 0.527. The first-order chi connectivity index (χ1) is 14.9. The molecule has 0 atom stereocenters. The maximum Gasteiger partial charge on any atom is 0.325 e. The molecule has 3 aromatic rings. The van der Waals surface area contributed by atoms with Gasteiger partial charge in [0.15, 0.2) is 0 Å². The summed E-state index contributed by atoms with van der Waals surface area (Å²) in [4.78, 5) is 40.5. The van der Waals surface area contributed by atoms with E-state index in [1.807, 2.05) is 32.0 Å². The number of nitrogens with one attached hydrogen (secondary N) is 2. The van der Waals surface area contributed by atoms with E-state index in [-0.39, 0.29) is 31.4 Å². The van der Waals surface area contributed by atoms with Crippen molar-refractivity contribution in [3.8, 4) is 0 Å². The molecule has 8 heteroatoms. The number of ether oxygens (including phenoxy) is 1. The molecule has 2 N–H and O–H groups in total. The van der Waals surface area contributed by atoms with Crippen LogP contribution < -0.4 is 10.6 Å². The maximum atomic E-state index is 12.3. The molecule has 7 nitrogen and oxygen atoms in total. The van der Waals surface area contributed by atoms with Crippen molar-refractivity contribution in [2.24, 2.45) is 0 Å². The number of amides is 2. The highest BCUT2D eigenvalue weighted by Crippen LogP contribution is 2.18. The fourth-order valence-corrected chi connectivity index (χ4v) is 3.53. The van der Waals surface area contributed by atoms with Gasteiger partial charge < -0.3 is 15.4 Å². The molecule has 1 aromatic heterocycles. The normalized spacial score (nSPS) is 10.4. The smallest absolute Gasteiger partial charge is 0.325 e. The minimum atomic E-state index is -0.563. The fourth-order valence-electron chi connectivity index (χ4n) is 2.75. The average Bonchev–Trinajstić information content (AvgIpc) is 3.20. The van der Waals surface area contributed by atoms with E-state index >= 15 is 0 Å². The highest BCUT2D eigenvalue weighted by molar-refractivity contribution is 7.09. The summed E-state index contributed by atoms with van der Waals surface area (Å²) in [7, 11) is 0. The second-order valence-corrected chi connectivity index (χ2v) is 7.93. The standard InChI is InChI=1S/C23H23N3O4S/c1-15-8-9-16(2)19(10-15)26-20(27)11-21-25-18(14-31-21)13-30-22(28)12-24-23(29)17-6-4-3-5-7-17/h3-10,14H,11-13H2,1-2H3,(H,24,29)(H,26,27). The molecule has 0 spiro atoms. The number of benzene rings is 2. The molecule has 0 radical (unpaired) electrons. The molecule has 0 bridgehead atoms. The van der Waals surface area contributed by atoms with Crippen LogP contribution in [0, 0.1) is 13.8 Å². The molecular formula is C23H23N3O4S. The molecule has 160 valence electrons. The summed E-state index contributed by atoms with van der Waals surface area (Å²) in [5, 5.41) is 7.79. The van der Waals surface area contributed by atoms with Crippen LogP contribution in [0.5, 0.6) is 0 Å². The van der Waals surface area contributed by atoms with E-state index in [4.69, 9.17) is 4.74 Å². The Morgan fingerprint density at radius 1 is 1.06 bits per heavy atom. The van der Waals surface area contributed by atoms with Gasteiger partial charge in [0.1, 0.15) is 18.2 Å². The molecule has 0 unspecified atom stereocenters. The van der Waals surface area contributed by atoms with Crippen LogP contribution in [-0.4, -0.2) is 29.3 Å². The Morgan fingerprint density at radius 3 is 2.61 bits per heavy atom. The van der Waals surface area contributed by atoms with Crippen LogP contribution in [0.15, 0.2) is 53.9 Å².